The highest BCUT2D eigenvalue weighted by molar-refractivity contribution is 4.86. The molecule has 5 nitrogen and oxygen atoms in total. The quantitative estimate of drug-likeness (QED) is 0.777. The molecule has 0 spiro atoms. The van der Waals surface area contributed by atoms with Crippen LogP contribution in [0.2, 0.25) is 0 Å². The monoisotopic (exact) mass is 239 g/mol. The summed E-state index contributed by atoms with van der Waals surface area (Å²) in [6.45, 7) is 2.68. The van der Waals surface area contributed by atoms with Gasteiger partial charge in [-0.05, 0) is 18.8 Å². The van der Waals surface area contributed by atoms with E-state index in [9.17, 15) is 5.11 Å². The maximum Gasteiger partial charge on any atom is 0.223 e. The Hall–Kier alpha value is -0.940. The number of aliphatic hydroxyl groups is 1. The number of aliphatic hydroxyl groups excluding tert-OH is 1. The van der Waals surface area contributed by atoms with Crippen molar-refractivity contribution in [3.63, 3.8) is 0 Å². The molecule has 1 aromatic heterocycles. The zero-order valence-corrected chi connectivity index (χ0v) is 10.4. The summed E-state index contributed by atoms with van der Waals surface area (Å²) in [4.78, 5) is 4.17. The first kappa shape index (κ1) is 12.5. The first-order valence-electron chi connectivity index (χ1n) is 6.43. The van der Waals surface area contributed by atoms with Crippen LogP contribution in [0.5, 0.6) is 0 Å². The Labute approximate surface area is 102 Å². The summed E-state index contributed by atoms with van der Waals surface area (Å²) in [6.07, 6.45) is 5.97. The van der Waals surface area contributed by atoms with Gasteiger partial charge >= 0.3 is 0 Å². The molecule has 0 bridgehead atoms. The molecule has 96 valence electrons. The van der Waals surface area contributed by atoms with Gasteiger partial charge in [-0.15, -0.1) is 0 Å². The van der Waals surface area contributed by atoms with E-state index in [1.54, 1.807) is 6.92 Å². The number of rotatable bonds is 4. The van der Waals surface area contributed by atoms with Crippen molar-refractivity contribution in [2.75, 3.05) is 6.61 Å². The molecule has 1 saturated carbocycles. The third-order valence-electron chi connectivity index (χ3n) is 3.49. The lowest BCUT2D eigenvalue weighted by Crippen LogP contribution is -2.37. The molecule has 1 heterocycles. The third kappa shape index (κ3) is 3.51. The van der Waals surface area contributed by atoms with Crippen molar-refractivity contribution in [1.29, 1.82) is 0 Å². The second-order valence-corrected chi connectivity index (χ2v) is 4.80. The van der Waals surface area contributed by atoms with Crippen LogP contribution in [0.25, 0.3) is 0 Å². The average molecular weight is 239 g/mol. The predicted molar refractivity (Wildman–Crippen MR) is 63.3 cm³/mol. The smallest absolute Gasteiger partial charge is 0.223 e. The summed E-state index contributed by atoms with van der Waals surface area (Å²) in [5, 5.41) is 16.7. The first-order chi connectivity index (χ1) is 8.29. The lowest BCUT2D eigenvalue weighted by Gasteiger charge is -2.23. The number of nitrogens with zero attached hydrogens (tertiary/aromatic N) is 2. The van der Waals surface area contributed by atoms with Crippen LogP contribution >= 0.6 is 0 Å². The van der Waals surface area contributed by atoms with Gasteiger partial charge in [-0.25, -0.2) is 0 Å². The van der Waals surface area contributed by atoms with Gasteiger partial charge in [0.15, 0.2) is 5.82 Å². The normalized spacial score (nSPS) is 25.8. The fourth-order valence-electron chi connectivity index (χ4n) is 2.51. The van der Waals surface area contributed by atoms with E-state index < -0.39 is 0 Å². The van der Waals surface area contributed by atoms with E-state index in [0.29, 0.717) is 30.2 Å². The lowest BCUT2D eigenvalue weighted by molar-refractivity contribution is 0.180. The molecular weight excluding hydrogens is 218 g/mol. The number of aryl methyl sites for hydroxylation is 1. The fraction of sp³-hybridized carbons (Fsp3) is 0.833. The predicted octanol–water partition coefficient (Wildman–Crippen LogP) is 1.41. The number of hydrogen-bond donors (Lipinski definition) is 2. The summed E-state index contributed by atoms with van der Waals surface area (Å²) in [6, 6.07) is 0.376. The minimum Gasteiger partial charge on any atom is -0.396 e. The topological polar surface area (TPSA) is 71.2 Å². The summed E-state index contributed by atoms with van der Waals surface area (Å²) >= 11 is 0. The average Bonchev–Trinajstić information content (AvgIpc) is 2.63. The minimum atomic E-state index is 0.267. The van der Waals surface area contributed by atoms with Crippen LogP contribution in [0.15, 0.2) is 4.52 Å². The second kappa shape index (κ2) is 6.12. The van der Waals surface area contributed by atoms with Gasteiger partial charge in [0.1, 0.15) is 0 Å². The molecule has 0 aromatic carbocycles. The van der Waals surface area contributed by atoms with Crippen LogP contribution in [0, 0.1) is 12.8 Å². The van der Waals surface area contributed by atoms with Crippen molar-refractivity contribution in [2.45, 2.75) is 51.6 Å². The van der Waals surface area contributed by atoms with Gasteiger partial charge in [-0.3, -0.25) is 0 Å². The van der Waals surface area contributed by atoms with E-state index in [4.69, 9.17) is 4.52 Å². The summed E-state index contributed by atoms with van der Waals surface area (Å²) in [5.41, 5.74) is 0. The SMILES string of the molecule is Cc1nc(CN[C@H]2CCCCC[C@@H]2CO)no1. The molecule has 0 saturated heterocycles. The van der Waals surface area contributed by atoms with Crippen LogP contribution in [-0.4, -0.2) is 27.9 Å². The molecular formula is C12H21N3O2. The molecule has 17 heavy (non-hydrogen) atoms. The largest absolute Gasteiger partial charge is 0.396 e. The summed E-state index contributed by atoms with van der Waals surface area (Å²) in [7, 11) is 0. The Balaban J connectivity index is 1.87. The maximum absolute atomic E-state index is 9.40. The highest BCUT2D eigenvalue weighted by atomic mass is 16.5. The zero-order valence-electron chi connectivity index (χ0n) is 10.4. The van der Waals surface area contributed by atoms with E-state index in [-0.39, 0.29) is 6.61 Å². The Kier molecular flexibility index (Phi) is 4.50. The van der Waals surface area contributed by atoms with Crippen molar-refractivity contribution in [3.8, 4) is 0 Å². The van der Waals surface area contributed by atoms with Gasteiger partial charge in [-0.1, -0.05) is 24.4 Å². The number of aromatic nitrogens is 2. The van der Waals surface area contributed by atoms with Gasteiger partial charge in [0.25, 0.3) is 0 Å². The molecule has 2 atom stereocenters. The summed E-state index contributed by atoms with van der Waals surface area (Å²) < 4.78 is 4.93. The number of nitrogens with one attached hydrogen (secondary N) is 1. The van der Waals surface area contributed by atoms with Gasteiger partial charge in [0, 0.05) is 19.6 Å². The van der Waals surface area contributed by atoms with Crippen LogP contribution < -0.4 is 5.32 Å². The molecule has 5 heteroatoms. The van der Waals surface area contributed by atoms with Crippen LogP contribution in [0.3, 0.4) is 0 Å². The summed E-state index contributed by atoms with van der Waals surface area (Å²) in [5.74, 6) is 1.66. The van der Waals surface area contributed by atoms with E-state index in [1.165, 1.54) is 19.3 Å². The van der Waals surface area contributed by atoms with Crippen LogP contribution in [0.4, 0.5) is 0 Å². The first-order valence-corrected chi connectivity index (χ1v) is 6.43. The number of hydrogen-bond acceptors (Lipinski definition) is 5. The highest BCUT2D eigenvalue weighted by Gasteiger charge is 2.22. The third-order valence-corrected chi connectivity index (χ3v) is 3.49. The van der Waals surface area contributed by atoms with Gasteiger partial charge < -0.3 is 14.9 Å². The van der Waals surface area contributed by atoms with Crippen molar-refractivity contribution < 1.29 is 9.63 Å². The highest BCUT2D eigenvalue weighted by Crippen LogP contribution is 2.23. The standard InChI is InChI=1S/C12H21N3O2/c1-9-14-12(15-17-9)7-13-11-6-4-2-3-5-10(11)8-16/h10-11,13,16H,2-8H2,1H3/t10-,11+/m1/s1. The molecule has 0 aliphatic heterocycles. The van der Waals surface area contributed by atoms with Crippen LogP contribution in [0.1, 0.15) is 43.8 Å². The minimum absolute atomic E-state index is 0.267. The van der Waals surface area contributed by atoms with E-state index >= 15 is 0 Å². The van der Waals surface area contributed by atoms with Crippen molar-refractivity contribution >= 4 is 0 Å². The van der Waals surface area contributed by atoms with Crippen molar-refractivity contribution in [3.05, 3.63) is 11.7 Å². The Morgan fingerprint density at radius 3 is 2.88 bits per heavy atom. The Morgan fingerprint density at radius 1 is 1.35 bits per heavy atom. The Bertz CT molecular complexity index is 340. The van der Waals surface area contributed by atoms with E-state index in [1.807, 2.05) is 0 Å². The van der Waals surface area contributed by atoms with E-state index in [2.05, 4.69) is 15.5 Å². The van der Waals surface area contributed by atoms with Gasteiger partial charge in [-0.2, -0.15) is 4.98 Å². The molecule has 2 N–H and O–H groups in total. The van der Waals surface area contributed by atoms with Gasteiger partial charge in [0.2, 0.25) is 5.89 Å². The molecule has 0 unspecified atom stereocenters. The lowest BCUT2D eigenvalue weighted by atomic mass is 9.96. The second-order valence-electron chi connectivity index (χ2n) is 4.80. The fourth-order valence-corrected chi connectivity index (χ4v) is 2.51. The van der Waals surface area contributed by atoms with Crippen LogP contribution in [-0.2, 0) is 6.54 Å². The molecule has 1 aromatic rings. The van der Waals surface area contributed by atoms with Crippen molar-refractivity contribution in [1.82, 2.24) is 15.5 Å². The molecule has 0 amide bonds. The van der Waals surface area contributed by atoms with E-state index in [0.717, 1.165) is 12.8 Å². The molecule has 0 radical (unpaired) electrons. The van der Waals surface area contributed by atoms with Gasteiger partial charge in [0.05, 0.1) is 6.54 Å². The Morgan fingerprint density at radius 2 is 2.18 bits per heavy atom. The van der Waals surface area contributed by atoms with Crippen molar-refractivity contribution in [2.24, 2.45) is 5.92 Å². The molecule has 2 rings (SSSR count). The maximum atomic E-state index is 9.40. The zero-order chi connectivity index (χ0) is 12.1. The molecule has 1 aliphatic carbocycles. The molecule has 1 fully saturated rings. The molecule has 1 aliphatic rings.